The van der Waals surface area contributed by atoms with Crippen molar-refractivity contribution in [2.24, 2.45) is 7.05 Å². The highest BCUT2D eigenvalue weighted by molar-refractivity contribution is 7.20. The quantitative estimate of drug-likeness (QED) is 0.590. The molecule has 4 rings (SSSR count). The second-order valence-corrected chi connectivity index (χ2v) is 6.78. The molecular weight excluding hydrogens is 338 g/mol. The predicted octanol–water partition coefficient (Wildman–Crippen LogP) is 2.11. The molecule has 4 aromatic rings. The van der Waals surface area contributed by atoms with Gasteiger partial charge in [0.25, 0.3) is 11.5 Å². The maximum absolute atomic E-state index is 12.5. The van der Waals surface area contributed by atoms with Gasteiger partial charge in [-0.3, -0.25) is 9.59 Å². The molecule has 0 aliphatic carbocycles. The number of fused-ring (bicyclic) bond motifs is 2. The molecule has 3 aromatic heterocycles. The van der Waals surface area contributed by atoms with Crippen LogP contribution in [-0.4, -0.2) is 25.4 Å². The molecule has 0 radical (unpaired) electrons. The van der Waals surface area contributed by atoms with Gasteiger partial charge in [0, 0.05) is 7.05 Å². The number of nitrogens with zero attached hydrogens (tertiary/aromatic N) is 3. The minimum Gasteiger partial charge on any atom is -0.344 e. The van der Waals surface area contributed by atoms with E-state index in [0.717, 1.165) is 11.0 Å². The first-order valence-corrected chi connectivity index (χ1v) is 8.53. The van der Waals surface area contributed by atoms with Crippen LogP contribution in [0.15, 0.2) is 35.4 Å². The summed E-state index contributed by atoms with van der Waals surface area (Å²) < 4.78 is 1.41. The fourth-order valence-corrected chi connectivity index (χ4v) is 3.81. The predicted molar refractivity (Wildman–Crippen MR) is 96.9 cm³/mol. The maximum atomic E-state index is 12.5. The number of amides is 1. The number of nitrogens with one attached hydrogen (secondary N) is 2. The topological polar surface area (TPSA) is 92.7 Å². The molecule has 1 amide bonds. The molecule has 0 aliphatic rings. The normalized spacial score (nSPS) is 11.3. The number of para-hydroxylation sites is 2. The van der Waals surface area contributed by atoms with Gasteiger partial charge in [0.2, 0.25) is 0 Å². The van der Waals surface area contributed by atoms with Crippen molar-refractivity contribution in [3.8, 4) is 0 Å². The number of carbonyl (C=O) groups is 1. The number of benzene rings is 1. The van der Waals surface area contributed by atoms with E-state index in [9.17, 15) is 9.59 Å². The lowest BCUT2D eigenvalue weighted by molar-refractivity contribution is 0.0953. The fraction of sp³-hybridized carbons (Fsp3) is 0.176. The summed E-state index contributed by atoms with van der Waals surface area (Å²) >= 11 is 1.23. The number of thiophene rings is 1. The van der Waals surface area contributed by atoms with E-state index in [4.69, 9.17) is 0 Å². The maximum Gasteiger partial charge on any atom is 0.262 e. The molecule has 126 valence electrons. The zero-order valence-corrected chi connectivity index (χ0v) is 14.5. The average molecular weight is 353 g/mol. The summed E-state index contributed by atoms with van der Waals surface area (Å²) in [5, 5.41) is 3.36. The Balaban J connectivity index is 1.61. The van der Waals surface area contributed by atoms with Gasteiger partial charge in [-0.2, -0.15) is 0 Å². The van der Waals surface area contributed by atoms with Crippen LogP contribution in [0.4, 0.5) is 0 Å². The van der Waals surface area contributed by atoms with Crippen molar-refractivity contribution in [2.45, 2.75) is 13.5 Å². The van der Waals surface area contributed by atoms with E-state index >= 15 is 0 Å². The van der Waals surface area contributed by atoms with Gasteiger partial charge in [0.05, 0.1) is 34.2 Å². The van der Waals surface area contributed by atoms with Gasteiger partial charge in [-0.15, -0.1) is 11.3 Å². The summed E-state index contributed by atoms with van der Waals surface area (Å²) in [6.07, 6.45) is 1.47. The molecule has 1 aromatic carbocycles. The molecular formula is C17H15N5O2S. The van der Waals surface area contributed by atoms with Crippen LogP contribution in [0.1, 0.15) is 21.1 Å². The average Bonchev–Trinajstić information content (AvgIpc) is 3.17. The Morgan fingerprint density at radius 2 is 2.16 bits per heavy atom. The van der Waals surface area contributed by atoms with Crippen molar-refractivity contribution in [3.05, 3.63) is 57.2 Å². The third kappa shape index (κ3) is 2.60. The molecule has 0 saturated carbocycles. The molecule has 0 unspecified atom stereocenters. The van der Waals surface area contributed by atoms with Gasteiger partial charge in [0.15, 0.2) is 0 Å². The molecule has 0 atom stereocenters. The Morgan fingerprint density at radius 3 is 2.96 bits per heavy atom. The first-order valence-electron chi connectivity index (χ1n) is 7.71. The summed E-state index contributed by atoms with van der Waals surface area (Å²) in [5.74, 6) is 0.449. The second kappa shape index (κ2) is 5.82. The number of aryl methyl sites for hydroxylation is 2. The van der Waals surface area contributed by atoms with Gasteiger partial charge in [0.1, 0.15) is 10.7 Å². The van der Waals surface area contributed by atoms with Crippen molar-refractivity contribution in [1.82, 2.24) is 24.8 Å². The second-order valence-electron chi connectivity index (χ2n) is 5.78. The minimum absolute atomic E-state index is 0.143. The third-order valence-corrected chi connectivity index (χ3v) is 5.27. The van der Waals surface area contributed by atoms with E-state index in [1.807, 2.05) is 24.3 Å². The Morgan fingerprint density at radius 1 is 1.36 bits per heavy atom. The SMILES string of the molecule is Cc1c(C(=O)NCc2nc3ccccc3[nH]2)sc2ncn(C)c(=O)c12. The number of hydrogen-bond donors (Lipinski definition) is 2. The van der Waals surface area contributed by atoms with Crippen molar-refractivity contribution < 1.29 is 4.79 Å². The number of aromatic nitrogens is 4. The summed E-state index contributed by atoms with van der Waals surface area (Å²) in [5.41, 5.74) is 2.31. The van der Waals surface area contributed by atoms with Gasteiger partial charge >= 0.3 is 0 Å². The van der Waals surface area contributed by atoms with E-state index in [-0.39, 0.29) is 18.0 Å². The molecule has 25 heavy (non-hydrogen) atoms. The van der Waals surface area contributed by atoms with Crippen molar-refractivity contribution in [3.63, 3.8) is 0 Å². The van der Waals surface area contributed by atoms with Crippen LogP contribution in [0.2, 0.25) is 0 Å². The molecule has 8 heteroatoms. The zero-order valence-electron chi connectivity index (χ0n) is 13.7. The Labute approximate surface area is 146 Å². The van der Waals surface area contributed by atoms with E-state index in [0.29, 0.717) is 26.5 Å². The van der Waals surface area contributed by atoms with Crippen molar-refractivity contribution in [2.75, 3.05) is 0 Å². The molecule has 0 spiro atoms. The molecule has 0 saturated heterocycles. The minimum atomic E-state index is -0.233. The molecule has 0 fully saturated rings. The van der Waals surface area contributed by atoms with E-state index < -0.39 is 0 Å². The number of H-pyrrole nitrogens is 1. The Kier molecular flexibility index (Phi) is 3.61. The number of rotatable bonds is 3. The smallest absolute Gasteiger partial charge is 0.262 e. The number of hydrogen-bond acceptors (Lipinski definition) is 5. The Hall–Kier alpha value is -3.00. The van der Waals surface area contributed by atoms with Gasteiger partial charge in [-0.1, -0.05) is 12.1 Å². The highest BCUT2D eigenvalue weighted by Gasteiger charge is 2.19. The van der Waals surface area contributed by atoms with Crippen molar-refractivity contribution in [1.29, 1.82) is 0 Å². The van der Waals surface area contributed by atoms with E-state index in [1.54, 1.807) is 14.0 Å². The largest absolute Gasteiger partial charge is 0.344 e. The molecule has 0 bridgehead atoms. The van der Waals surface area contributed by atoms with Crippen LogP contribution >= 0.6 is 11.3 Å². The van der Waals surface area contributed by atoms with Crippen LogP contribution in [0.3, 0.4) is 0 Å². The standard InChI is InChI=1S/C17H15N5O2S/c1-9-13-16(19-8-22(2)17(13)24)25-14(9)15(23)18-7-12-20-10-5-3-4-6-11(10)21-12/h3-6,8H,7H2,1-2H3,(H,18,23)(H,20,21). The number of carbonyl (C=O) groups excluding carboxylic acids is 1. The Bertz CT molecular complexity index is 1140. The van der Waals surface area contributed by atoms with Crippen LogP contribution in [0.5, 0.6) is 0 Å². The number of imidazole rings is 1. The van der Waals surface area contributed by atoms with Gasteiger partial charge < -0.3 is 14.9 Å². The molecule has 3 heterocycles. The number of aromatic amines is 1. The van der Waals surface area contributed by atoms with Crippen LogP contribution in [-0.2, 0) is 13.6 Å². The third-order valence-electron chi connectivity index (χ3n) is 4.07. The first-order chi connectivity index (χ1) is 12.0. The molecule has 0 aliphatic heterocycles. The van der Waals surface area contributed by atoms with Crippen LogP contribution in [0.25, 0.3) is 21.3 Å². The monoisotopic (exact) mass is 353 g/mol. The summed E-state index contributed by atoms with van der Waals surface area (Å²) in [6.45, 7) is 2.06. The summed E-state index contributed by atoms with van der Waals surface area (Å²) in [4.78, 5) is 37.7. The van der Waals surface area contributed by atoms with Crippen molar-refractivity contribution >= 4 is 38.5 Å². The van der Waals surface area contributed by atoms with Crippen LogP contribution < -0.4 is 10.9 Å². The van der Waals surface area contributed by atoms with Crippen LogP contribution in [0, 0.1) is 6.92 Å². The van der Waals surface area contributed by atoms with E-state index in [1.165, 1.54) is 22.2 Å². The summed E-state index contributed by atoms with van der Waals surface area (Å²) in [7, 11) is 1.65. The lowest BCUT2D eigenvalue weighted by atomic mass is 10.2. The lowest BCUT2D eigenvalue weighted by Gasteiger charge is -2.02. The lowest BCUT2D eigenvalue weighted by Crippen LogP contribution is -2.23. The van der Waals surface area contributed by atoms with E-state index in [2.05, 4.69) is 20.3 Å². The van der Waals surface area contributed by atoms with Gasteiger partial charge in [-0.05, 0) is 24.6 Å². The fourth-order valence-electron chi connectivity index (χ4n) is 2.76. The summed E-state index contributed by atoms with van der Waals surface area (Å²) in [6, 6.07) is 7.69. The first kappa shape index (κ1) is 15.5. The molecule has 7 nitrogen and oxygen atoms in total. The highest BCUT2D eigenvalue weighted by Crippen LogP contribution is 2.26. The highest BCUT2D eigenvalue weighted by atomic mass is 32.1. The van der Waals surface area contributed by atoms with Gasteiger partial charge in [-0.25, -0.2) is 9.97 Å². The zero-order chi connectivity index (χ0) is 17.6. The molecule has 2 N–H and O–H groups in total.